The summed E-state index contributed by atoms with van der Waals surface area (Å²) in [5.41, 5.74) is 1.59. The van der Waals surface area contributed by atoms with Crippen molar-refractivity contribution < 1.29 is 23.9 Å². The van der Waals surface area contributed by atoms with Crippen LogP contribution in [0.15, 0.2) is 87.1 Å². The summed E-state index contributed by atoms with van der Waals surface area (Å²) in [5, 5.41) is 12.3. The molecule has 2 aliphatic rings. The van der Waals surface area contributed by atoms with Gasteiger partial charge >= 0.3 is 5.97 Å². The first-order valence-electron chi connectivity index (χ1n) is 10.4. The number of benzene rings is 2. The minimum absolute atomic E-state index is 0.0420. The molecule has 3 aromatic rings. The number of nitrogens with zero attached hydrogens (tertiary/aromatic N) is 2. The van der Waals surface area contributed by atoms with Crippen molar-refractivity contribution in [3.63, 3.8) is 0 Å². The number of aliphatic carboxylic acids is 1. The number of β-lactam (4-membered cyclic amide) rings is 1. The van der Waals surface area contributed by atoms with E-state index in [0.717, 1.165) is 16.0 Å². The van der Waals surface area contributed by atoms with Crippen molar-refractivity contribution in [2.24, 2.45) is 0 Å². The first-order chi connectivity index (χ1) is 16.5. The van der Waals surface area contributed by atoms with Crippen molar-refractivity contribution in [3.05, 3.63) is 83.4 Å². The molecule has 2 amide bonds. The first-order valence-corrected chi connectivity index (χ1v) is 12.3. The van der Waals surface area contributed by atoms with Crippen molar-refractivity contribution in [1.82, 2.24) is 15.2 Å². The van der Waals surface area contributed by atoms with Gasteiger partial charge in [0.05, 0.1) is 12.6 Å². The Morgan fingerprint density at radius 2 is 1.94 bits per heavy atom. The summed E-state index contributed by atoms with van der Waals surface area (Å²) in [4.78, 5) is 44.2. The molecule has 172 valence electrons. The smallest absolute Gasteiger partial charge is 0.353 e. The Morgan fingerprint density at radius 3 is 2.68 bits per heavy atom. The molecular weight excluding hydrogens is 474 g/mol. The molecule has 1 saturated heterocycles. The fraction of sp³-hybridized carbons (Fsp3) is 0.167. The monoisotopic (exact) mass is 493 g/mol. The summed E-state index contributed by atoms with van der Waals surface area (Å²) in [6, 6.07) is 16.0. The molecule has 0 aliphatic carbocycles. The normalized spacial score (nSPS) is 19.4. The molecule has 1 aromatic heterocycles. The standard InChI is InChI=1S/C24H19N3O5S2/c28-19(10-14-6-2-1-3-7-14)26-20-22(29)27-21(24(30)31)18(12-33-23(20)27)34-17-9-5-4-8-15(17)16-11-25-13-32-16/h1-9,11,13,20,23H,10,12H2,(H,26,28)(H,30,31)/t20-,23+/m1/s1. The predicted octanol–water partition coefficient (Wildman–Crippen LogP) is 3.37. The molecule has 2 N–H and O–H groups in total. The number of carboxylic acid groups (broad SMARTS) is 1. The lowest BCUT2D eigenvalue weighted by Crippen LogP contribution is -2.70. The maximum absolute atomic E-state index is 12.9. The van der Waals surface area contributed by atoms with Crippen LogP contribution in [0.4, 0.5) is 0 Å². The lowest BCUT2D eigenvalue weighted by atomic mass is 10.0. The number of hydrogen-bond acceptors (Lipinski definition) is 7. The van der Waals surface area contributed by atoms with Crippen LogP contribution in [0, 0.1) is 0 Å². The van der Waals surface area contributed by atoms with Gasteiger partial charge in [0.25, 0.3) is 5.91 Å². The maximum Gasteiger partial charge on any atom is 0.353 e. The number of hydrogen-bond donors (Lipinski definition) is 2. The Hall–Kier alpha value is -3.50. The Kier molecular flexibility index (Phi) is 6.16. The summed E-state index contributed by atoms with van der Waals surface area (Å²) < 4.78 is 5.42. The van der Waals surface area contributed by atoms with E-state index in [1.165, 1.54) is 34.8 Å². The highest BCUT2D eigenvalue weighted by Gasteiger charge is 2.54. The number of carbonyl (C=O) groups excluding carboxylic acids is 2. The third-order valence-corrected chi connectivity index (χ3v) is 8.10. The van der Waals surface area contributed by atoms with Crippen molar-refractivity contribution >= 4 is 41.3 Å². The highest BCUT2D eigenvalue weighted by Crippen LogP contribution is 2.46. The topological polar surface area (TPSA) is 113 Å². The summed E-state index contributed by atoms with van der Waals surface area (Å²) in [6.07, 6.45) is 3.09. The van der Waals surface area contributed by atoms with Gasteiger partial charge in [-0.2, -0.15) is 0 Å². The molecule has 34 heavy (non-hydrogen) atoms. The number of aromatic nitrogens is 1. The van der Waals surface area contributed by atoms with Crippen LogP contribution < -0.4 is 5.32 Å². The van der Waals surface area contributed by atoms with Gasteiger partial charge in [-0.15, -0.1) is 11.8 Å². The molecule has 2 aliphatic heterocycles. The summed E-state index contributed by atoms with van der Waals surface area (Å²) in [6.45, 7) is 0. The third kappa shape index (κ3) is 4.22. The Bertz CT molecular complexity index is 1280. The molecule has 10 heteroatoms. The van der Waals surface area contributed by atoms with Crippen LogP contribution in [0.2, 0.25) is 0 Å². The Balaban J connectivity index is 1.35. The zero-order valence-corrected chi connectivity index (χ0v) is 19.3. The number of carbonyl (C=O) groups is 3. The van der Waals surface area contributed by atoms with E-state index in [2.05, 4.69) is 10.3 Å². The van der Waals surface area contributed by atoms with Crippen LogP contribution >= 0.6 is 23.5 Å². The molecule has 0 saturated carbocycles. The summed E-state index contributed by atoms with van der Waals surface area (Å²) >= 11 is 2.73. The molecule has 0 radical (unpaired) electrons. The van der Waals surface area contributed by atoms with Crippen molar-refractivity contribution in [2.45, 2.75) is 22.7 Å². The van der Waals surface area contributed by atoms with Crippen molar-refractivity contribution in [2.75, 3.05) is 5.75 Å². The second-order valence-electron chi connectivity index (χ2n) is 7.66. The molecular formula is C24H19N3O5S2. The molecule has 8 nitrogen and oxygen atoms in total. The molecule has 0 spiro atoms. The van der Waals surface area contributed by atoms with Crippen LogP contribution in [0.5, 0.6) is 0 Å². The minimum atomic E-state index is -1.17. The van der Waals surface area contributed by atoms with Gasteiger partial charge in [-0.1, -0.05) is 60.3 Å². The van der Waals surface area contributed by atoms with Gasteiger partial charge in [0.1, 0.15) is 17.1 Å². The zero-order valence-electron chi connectivity index (χ0n) is 17.7. The van der Waals surface area contributed by atoms with Crippen molar-refractivity contribution in [3.8, 4) is 11.3 Å². The van der Waals surface area contributed by atoms with Crippen LogP contribution in [-0.4, -0.2) is 49.9 Å². The van der Waals surface area contributed by atoms with Gasteiger partial charge in [-0.05, 0) is 11.6 Å². The van der Waals surface area contributed by atoms with Gasteiger partial charge in [-0.3, -0.25) is 14.5 Å². The molecule has 5 rings (SSSR count). The van der Waals surface area contributed by atoms with Gasteiger partial charge < -0.3 is 14.8 Å². The summed E-state index contributed by atoms with van der Waals surface area (Å²) in [5.74, 6) is -0.892. The maximum atomic E-state index is 12.9. The molecule has 2 atom stereocenters. The zero-order chi connectivity index (χ0) is 23.7. The van der Waals surface area contributed by atoms with Crippen LogP contribution in [0.25, 0.3) is 11.3 Å². The van der Waals surface area contributed by atoms with E-state index in [0.29, 0.717) is 16.4 Å². The highest BCUT2D eigenvalue weighted by molar-refractivity contribution is 8.06. The van der Waals surface area contributed by atoms with Crippen molar-refractivity contribution in [1.29, 1.82) is 0 Å². The number of carboxylic acids is 1. The molecule has 1 fully saturated rings. The van der Waals surface area contributed by atoms with Gasteiger partial charge in [0.2, 0.25) is 5.91 Å². The number of rotatable bonds is 7. The molecule has 0 unspecified atom stereocenters. The number of nitrogens with one attached hydrogen (secondary N) is 1. The lowest BCUT2D eigenvalue weighted by molar-refractivity contribution is -0.150. The number of oxazole rings is 1. The van der Waals surface area contributed by atoms with E-state index in [4.69, 9.17) is 4.42 Å². The molecule has 0 bridgehead atoms. The van der Waals surface area contributed by atoms with E-state index in [1.54, 1.807) is 6.20 Å². The number of fused-ring (bicyclic) bond motifs is 1. The molecule has 3 heterocycles. The highest BCUT2D eigenvalue weighted by atomic mass is 32.2. The van der Waals surface area contributed by atoms with Crippen LogP contribution in [0.3, 0.4) is 0 Å². The fourth-order valence-electron chi connectivity index (χ4n) is 3.92. The van der Waals surface area contributed by atoms with E-state index in [1.807, 2.05) is 54.6 Å². The Labute approximate surface area is 203 Å². The molecule has 2 aromatic carbocycles. The van der Waals surface area contributed by atoms with Gasteiger partial charge in [-0.25, -0.2) is 9.78 Å². The predicted molar refractivity (Wildman–Crippen MR) is 128 cm³/mol. The number of amides is 2. The second-order valence-corrected chi connectivity index (χ2v) is 9.90. The lowest BCUT2D eigenvalue weighted by Gasteiger charge is -2.49. The average molecular weight is 494 g/mol. The average Bonchev–Trinajstić information content (AvgIpc) is 3.38. The quantitative estimate of drug-likeness (QED) is 0.482. The van der Waals surface area contributed by atoms with E-state index < -0.39 is 23.3 Å². The minimum Gasteiger partial charge on any atom is -0.477 e. The second kappa shape index (κ2) is 9.40. The largest absolute Gasteiger partial charge is 0.477 e. The Morgan fingerprint density at radius 1 is 1.18 bits per heavy atom. The summed E-state index contributed by atoms with van der Waals surface area (Å²) in [7, 11) is 0. The van der Waals surface area contributed by atoms with Crippen LogP contribution in [0.1, 0.15) is 5.56 Å². The van der Waals surface area contributed by atoms with E-state index >= 15 is 0 Å². The SMILES string of the molecule is O=C(Cc1ccccc1)N[C@@H]1C(=O)N2C(C(=O)O)=C(Sc3ccccc3-c3cnco3)CS[C@@H]12. The van der Waals surface area contributed by atoms with E-state index in [9.17, 15) is 19.5 Å². The first kappa shape index (κ1) is 22.3. The van der Waals surface area contributed by atoms with Gasteiger partial charge in [0, 0.05) is 21.1 Å². The third-order valence-electron chi connectivity index (χ3n) is 5.48. The number of thioether (sulfide) groups is 2. The van der Waals surface area contributed by atoms with Crippen LogP contribution in [-0.2, 0) is 20.8 Å². The van der Waals surface area contributed by atoms with Gasteiger partial charge in [0.15, 0.2) is 12.2 Å². The van der Waals surface area contributed by atoms with E-state index in [-0.39, 0.29) is 18.0 Å². The fourth-order valence-corrected chi connectivity index (χ4v) is 6.52.